The minimum Gasteiger partial charge on any atom is -0.421 e. The molecular weight excluding hydrogens is 306 g/mol. The highest BCUT2D eigenvalue weighted by atomic mass is 16.4. The minimum absolute atomic E-state index is 0.0517. The molecule has 1 fully saturated rings. The number of aromatic nitrogens is 2. The van der Waals surface area contributed by atoms with Crippen LogP contribution in [0, 0.1) is 12.8 Å². The first-order valence-electron chi connectivity index (χ1n) is 8.46. The molecule has 6 nitrogen and oxygen atoms in total. The molecule has 0 saturated heterocycles. The molecule has 0 aliphatic heterocycles. The summed E-state index contributed by atoms with van der Waals surface area (Å²) in [6, 6.07) is 7.85. The fourth-order valence-corrected chi connectivity index (χ4v) is 2.98. The van der Waals surface area contributed by atoms with E-state index in [1.165, 1.54) is 5.56 Å². The molecule has 2 N–H and O–H groups in total. The molecule has 128 valence electrons. The molecule has 2 unspecified atom stereocenters. The smallest absolute Gasteiger partial charge is 0.247 e. The lowest BCUT2D eigenvalue weighted by molar-refractivity contribution is -0.121. The van der Waals surface area contributed by atoms with E-state index in [0.717, 1.165) is 24.8 Å². The van der Waals surface area contributed by atoms with E-state index in [4.69, 9.17) is 4.42 Å². The van der Waals surface area contributed by atoms with Gasteiger partial charge in [-0.05, 0) is 31.9 Å². The van der Waals surface area contributed by atoms with Crippen LogP contribution in [0.15, 0.2) is 28.7 Å². The lowest BCUT2D eigenvalue weighted by Gasteiger charge is -2.14. The van der Waals surface area contributed by atoms with Crippen molar-refractivity contribution in [1.82, 2.24) is 15.5 Å². The summed E-state index contributed by atoms with van der Waals surface area (Å²) in [5.74, 6) is 1.07. The number of carbonyl (C=O) groups excluding carboxylic acids is 1. The summed E-state index contributed by atoms with van der Waals surface area (Å²) in [7, 11) is 0. The number of hydrogen-bond acceptors (Lipinski definition) is 5. The molecule has 1 amide bonds. The summed E-state index contributed by atoms with van der Waals surface area (Å²) in [5.41, 5.74) is 2.04. The van der Waals surface area contributed by atoms with Gasteiger partial charge in [0.2, 0.25) is 17.7 Å². The van der Waals surface area contributed by atoms with Crippen LogP contribution < -0.4 is 5.32 Å². The number of benzene rings is 1. The molecule has 1 aromatic carbocycles. The van der Waals surface area contributed by atoms with E-state index >= 15 is 0 Å². The molecule has 1 aromatic heterocycles. The predicted octanol–water partition coefficient (Wildman–Crippen LogP) is 2.25. The lowest BCUT2D eigenvalue weighted by atomic mass is 10.1. The van der Waals surface area contributed by atoms with Gasteiger partial charge in [0.25, 0.3) is 0 Å². The Morgan fingerprint density at radius 2 is 2.08 bits per heavy atom. The zero-order valence-electron chi connectivity index (χ0n) is 13.9. The molecule has 0 radical (unpaired) electrons. The van der Waals surface area contributed by atoms with E-state index < -0.39 is 0 Å². The second-order valence-electron chi connectivity index (χ2n) is 6.43. The number of carbonyl (C=O) groups is 1. The highest BCUT2D eigenvalue weighted by Crippen LogP contribution is 2.24. The number of amides is 1. The Morgan fingerprint density at radius 3 is 2.79 bits per heavy atom. The topological polar surface area (TPSA) is 88.2 Å². The van der Waals surface area contributed by atoms with Gasteiger partial charge in [-0.1, -0.05) is 24.1 Å². The number of rotatable bonds is 6. The largest absolute Gasteiger partial charge is 0.421 e. The lowest BCUT2D eigenvalue weighted by Crippen LogP contribution is -2.32. The molecule has 2 aromatic rings. The number of aliphatic hydroxyl groups excluding tert-OH is 1. The van der Waals surface area contributed by atoms with Crippen molar-refractivity contribution in [3.8, 4) is 11.5 Å². The van der Waals surface area contributed by atoms with Gasteiger partial charge >= 0.3 is 0 Å². The Bertz CT molecular complexity index is 681. The number of aliphatic hydroxyl groups is 1. The normalized spacial score (nSPS) is 20.2. The average molecular weight is 329 g/mol. The molecule has 1 aliphatic rings. The standard InChI is InChI=1S/C18H23N3O3/c1-12-5-7-13(8-6-12)18-21-20-17(24-18)10-9-16(23)19-11-14-3-2-4-15(14)22/h5-8,14-15,22H,2-4,9-11H2,1H3,(H,19,23). The van der Waals surface area contributed by atoms with Crippen molar-refractivity contribution in [1.29, 1.82) is 0 Å². The van der Waals surface area contributed by atoms with Crippen LogP contribution in [0.5, 0.6) is 0 Å². The van der Waals surface area contributed by atoms with Crippen LogP contribution in [0.1, 0.15) is 37.1 Å². The number of nitrogens with zero attached hydrogens (tertiary/aromatic N) is 2. The maximum Gasteiger partial charge on any atom is 0.247 e. The van der Waals surface area contributed by atoms with Crippen molar-refractivity contribution in [2.24, 2.45) is 5.92 Å². The maximum atomic E-state index is 11.9. The van der Waals surface area contributed by atoms with Crippen LogP contribution in [-0.4, -0.2) is 33.9 Å². The van der Waals surface area contributed by atoms with Crippen LogP contribution in [-0.2, 0) is 11.2 Å². The second-order valence-corrected chi connectivity index (χ2v) is 6.43. The summed E-state index contributed by atoms with van der Waals surface area (Å²) in [4.78, 5) is 11.9. The zero-order valence-corrected chi connectivity index (χ0v) is 13.9. The zero-order chi connectivity index (χ0) is 16.9. The van der Waals surface area contributed by atoms with Gasteiger partial charge in [-0.15, -0.1) is 10.2 Å². The third-order valence-electron chi connectivity index (χ3n) is 4.51. The third kappa shape index (κ3) is 4.20. The molecule has 1 heterocycles. The Morgan fingerprint density at radius 1 is 1.29 bits per heavy atom. The minimum atomic E-state index is -0.279. The average Bonchev–Trinajstić information content (AvgIpc) is 3.21. The molecule has 3 rings (SSSR count). The van der Waals surface area contributed by atoms with Crippen molar-refractivity contribution in [2.75, 3.05) is 6.54 Å². The summed E-state index contributed by atoms with van der Waals surface area (Å²) in [6.45, 7) is 2.56. The van der Waals surface area contributed by atoms with Gasteiger partial charge in [-0.3, -0.25) is 4.79 Å². The molecule has 24 heavy (non-hydrogen) atoms. The molecule has 0 spiro atoms. The Labute approximate surface area is 141 Å². The monoisotopic (exact) mass is 329 g/mol. The molecular formula is C18H23N3O3. The van der Waals surface area contributed by atoms with E-state index in [1.807, 2.05) is 31.2 Å². The summed E-state index contributed by atoms with van der Waals surface area (Å²) in [5, 5.41) is 20.7. The van der Waals surface area contributed by atoms with E-state index in [0.29, 0.717) is 31.2 Å². The molecule has 1 aliphatic carbocycles. The van der Waals surface area contributed by atoms with Crippen molar-refractivity contribution in [2.45, 2.75) is 45.1 Å². The quantitative estimate of drug-likeness (QED) is 0.848. The van der Waals surface area contributed by atoms with Crippen LogP contribution in [0.25, 0.3) is 11.5 Å². The fourth-order valence-electron chi connectivity index (χ4n) is 2.98. The van der Waals surface area contributed by atoms with Crippen LogP contribution in [0.4, 0.5) is 0 Å². The molecule has 2 atom stereocenters. The van der Waals surface area contributed by atoms with Crippen LogP contribution in [0.3, 0.4) is 0 Å². The SMILES string of the molecule is Cc1ccc(-c2nnc(CCC(=O)NCC3CCCC3O)o2)cc1. The van der Waals surface area contributed by atoms with Crippen molar-refractivity contribution in [3.05, 3.63) is 35.7 Å². The summed E-state index contributed by atoms with van der Waals surface area (Å²) in [6.07, 6.45) is 3.29. The second kappa shape index (κ2) is 7.57. The molecule has 1 saturated carbocycles. The summed E-state index contributed by atoms with van der Waals surface area (Å²) < 4.78 is 5.61. The van der Waals surface area contributed by atoms with Crippen LogP contribution >= 0.6 is 0 Å². The number of aryl methyl sites for hydroxylation is 2. The Kier molecular flexibility index (Phi) is 5.25. The maximum absolute atomic E-state index is 11.9. The van der Waals surface area contributed by atoms with Gasteiger partial charge in [0.1, 0.15) is 0 Å². The third-order valence-corrected chi connectivity index (χ3v) is 4.51. The van der Waals surface area contributed by atoms with Gasteiger partial charge < -0.3 is 14.8 Å². The Balaban J connectivity index is 1.46. The van der Waals surface area contributed by atoms with Gasteiger partial charge in [0.15, 0.2) is 0 Å². The predicted molar refractivity (Wildman–Crippen MR) is 89.1 cm³/mol. The van der Waals surface area contributed by atoms with E-state index in [9.17, 15) is 9.90 Å². The molecule has 6 heteroatoms. The summed E-state index contributed by atoms with van der Waals surface area (Å²) >= 11 is 0. The van der Waals surface area contributed by atoms with Gasteiger partial charge in [0, 0.05) is 30.9 Å². The molecule has 0 bridgehead atoms. The van der Waals surface area contributed by atoms with Crippen molar-refractivity contribution < 1.29 is 14.3 Å². The first-order valence-corrected chi connectivity index (χ1v) is 8.46. The first-order chi connectivity index (χ1) is 11.6. The van der Waals surface area contributed by atoms with E-state index in [1.54, 1.807) is 0 Å². The number of hydrogen-bond donors (Lipinski definition) is 2. The highest BCUT2D eigenvalue weighted by molar-refractivity contribution is 5.76. The first kappa shape index (κ1) is 16.6. The van der Waals surface area contributed by atoms with E-state index in [-0.39, 0.29) is 17.9 Å². The van der Waals surface area contributed by atoms with Gasteiger partial charge in [-0.25, -0.2) is 0 Å². The van der Waals surface area contributed by atoms with Gasteiger partial charge in [-0.2, -0.15) is 0 Å². The van der Waals surface area contributed by atoms with Crippen molar-refractivity contribution in [3.63, 3.8) is 0 Å². The Hall–Kier alpha value is -2.21. The van der Waals surface area contributed by atoms with Crippen LogP contribution in [0.2, 0.25) is 0 Å². The van der Waals surface area contributed by atoms with E-state index in [2.05, 4.69) is 15.5 Å². The highest BCUT2D eigenvalue weighted by Gasteiger charge is 2.25. The number of nitrogens with one attached hydrogen (secondary N) is 1. The fraction of sp³-hybridized carbons (Fsp3) is 0.500. The van der Waals surface area contributed by atoms with Crippen molar-refractivity contribution >= 4 is 5.91 Å². The van der Waals surface area contributed by atoms with Gasteiger partial charge in [0.05, 0.1) is 6.10 Å².